The van der Waals surface area contributed by atoms with Crippen LogP contribution in [0, 0.1) is 0 Å². The van der Waals surface area contributed by atoms with Crippen molar-refractivity contribution >= 4 is 17.7 Å². The second-order valence-electron chi connectivity index (χ2n) is 4.05. The molecule has 94 valence electrons. The quantitative estimate of drug-likeness (QED) is 0.561. The van der Waals surface area contributed by atoms with Crippen LogP contribution in [-0.4, -0.2) is 49.4 Å². The molecule has 2 atom stereocenters. The smallest absolute Gasteiger partial charge is 0.327 e. The van der Waals surface area contributed by atoms with E-state index in [-0.39, 0.29) is 5.97 Å². The number of hydrogen-bond acceptors (Lipinski definition) is 5. The van der Waals surface area contributed by atoms with Crippen molar-refractivity contribution < 1.29 is 14.3 Å². The fraction of sp³-hybridized carbons (Fsp3) is 0.909. The number of ether oxygens (including phenoxy) is 2. The number of thioether (sulfide) groups is 1. The van der Waals surface area contributed by atoms with Crippen LogP contribution in [0.25, 0.3) is 0 Å². The maximum absolute atomic E-state index is 12.0. The Morgan fingerprint density at radius 3 is 2.88 bits per heavy atom. The Hall–Kier alpha value is -0.260. The Kier molecular flexibility index (Phi) is 5.58. The number of carbonyl (C=O) groups is 1. The molecule has 1 fully saturated rings. The van der Waals surface area contributed by atoms with Gasteiger partial charge in [-0.2, -0.15) is 11.8 Å². The third kappa shape index (κ3) is 3.37. The monoisotopic (exact) mass is 247 g/mol. The maximum atomic E-state index is 12.0. The van der Waals surface area contributed by atoms with Crippen molar-refractivity contribution in [2.75, 3.05) is 32.6 Å². The topological polar surface area (TPSA) is 47.6 Å². The van der Waals surface area contributed by atoms with Crippen LogP contribution in [0.4, 0.5) is 0 Å². The Morgan fingerprint density at radius 2 is 2.38 bits per heavy atom. The van der Waals surface area contributed by atoms with Gasteiger partial charge in [0.05, 0.1) is 13.2 Å². The minimum Gasteiger partial charge on any atom is -0.465 e. The summed E-state index contributed by atoms with van der Waals surface area (Å²) in [7, 11) is 1.66. The predicted molar refractivity (Wildman–Crippen MR) is 65.8 cm³/mol. The molecule has 0 saturated carbocycles. The highest BCUT2D eigenvalue weighted by Gasteiger charge is 2.45. The number of esters is 1. The van der Waals surface area contributed by atoms with Gasteiger partial charge in [-0.25, -0.2) is 0 Å². The van der Waals surface area contributed by atoms with Crippen molar-refractivity contribution in [1.29, 1.82) is 0 Å². The molecule has 4 nitrogen and oxygen atoms in total. The van der Waals surface area contributed by atoms with Crippen LogP contribution in [0.3, 0.4) is 0 Å². The zero-order chi connectivity index (χ0) is 12.0. The molecule has 1 aliphatic heterocycles. The largest absolute Gasteiger partial charge is 0.465 e. The maximum Gasteiger partial charge on any atom is 0.327 e. The summed E-state index contributed by atoms with van der Waals surface area (Å²) in [5.74, 6) is 0.666. The van der Waals surface area contributed by atoms with Crippen LogP contribution >= 0.6 is 11.8 Å². The van der Waals surface area contributed by atoms with Crippen molar-refractivity contribution in [3.05, 3.63) is 0 Å². The van der Waals surface area contributed by atoms with Crippen LogP contribution in [0.2, 0.25) is 0 Å². The molecule has 0 spiro atoms. The zero-order valence-corrected chi connectivity index (χ0v) is 11.1. The van der Waals surface area contributed by atoms with E-state index < -0.39 is 5.54 Å². The molecular weight excluding hydrogens is 226 g/mol. The SMILES string of the molecule is CCOC(=O)C1(NCCOC)CSC(C)C1. The first-order valence-corrected chi connectivity index (χ1v) is 6.72. The van der Waals surface area contributed by atoms with Gasteiger partial charge in [-0.1, -0.05) is 6.92 Å². The first-order chi connectivity index (χ1) is 7.64. The van der Waals surface area contributed by atoms with Crippen molar-refractivity contribution in [3.8, 4) is 0 Å². The third-order valence-corrected chi connectivity index (χ3v) is 4.08. The highest BCUT2D eigenvalue weighted by Crippen LogP contribution is 2.35. The van der Waals surface area contributed by atoms with E-state index in [9.17, 15) is 4.79 Å². The van der Waals surface area contributed by atoms with Gasteiger partial charge in [-0.3, -0.25) is 10.1 Å². The van der Waals surface area contributed by atoms with E-state index >= 15 is 0 Å². The Bertz CT molecular complexity index is 237. The van der Waals surface area contributed by atoms with Crippen molar-refractivity contribution in [3.63, 3.8) is 0 Å². The molecular formula is C11H21NO3S. The van der Waals surface area contributed by atoms with Gasteiger partial charge in [0.15, 0.2) is 0 Å². The van der Waals surface area contributed by atoms with Gasteiger partial charge >= 0.3 is 5.97 Å². The van der Waals surface area contributed by atoms with Crippen LogP contribution in [-0.2, 0) is 14.3 Å². The lowest BCUT2D eigenvalue weighted by Gasteiger charge is -2.27. The average molecular weight is 247 g/mol. The van der Waals surface area contributed by atoms with Crippen molar-refractivity contribution in [2.24, 2.45) is 0 Å². The lowest BCUT2D eigenvalue weighted by Crippen LogP contribution is -2.54. The third-order valence-electron chi connectivity index (χ3n) is 2.69. The van der Waals surface area contributed by atoms with Crippen LogP contribution in [0.15, 0.2) is 0 Å². The highest BCUT2D eigenvalue weighted by atomic mass is 32.2. The van der Waals surface area contributed by atoms with Gasteiger partial charge in [-0.05, 0) is 13.3 Å². The molecule has 0 aromatic carbocycles. The zero-order valence-electron chi connectivity index (χ0n) is 10.2. The lowest BCUT2D eigenvalue weighted by molar-refractivity contribution is -0.150. The van der Waals surface area contributed by atoms with Crippen LogP contribution < -0.4 is 5.32 Å². The molecule has 1 heterocycles. The van der Waals surface area contributed by atoms with Gasteiger partial charge in [0.25, 0.3) is 0 Å². The summed E-state index contributed by atoms with van der Waals surface area (Å²) in [6, 6.07) is 0. The summed E-state index contributed by atoms with van der Waals surface area (Å²) in [6.45, 7) is 5.71. The minimum atomic E-state index is -0.501. The van der Waals surface area contributed by atoms with E-state index in [2.05, 4.69) is 12.2 Å². The Balaban J connectivity index is 2.58. The Morgan fingerprint density at radius 1 is 1.62 bits per heavy atom. The summed E-state index contributed by atoms with van der Waals surface area (Å²) in [6.07, 6.45) is 0.834. The van der Waals surface area contributed by atoms with Gasteiger partial charge in [0.2, 0.25) is 0 Å². The molecule has 0 aromatic rings. The summed E-state index contributed by atoms with van der Waals surface area (Å²) in [5, 5.41) is 3.79. The molecule has 0 bridgehead atoms. The number of hydrogen-bond donors (Lipinski definition) is 1. The van der Waals surface area contributed by atoms with Gasteiger partial charge in [0.1, 0.15) is 5.54 Å². The molecule has 0 amide bonds. The predicted octanol–water partition coefficient (Wildman–Crippen LogP) is 1.05. The second kappa shape index (κ2) is 6.47. The first-order valence-electron chi connectivity index (χ1n) is 5.67. The molecule has 1 rings (SSSR count). The molecule has 0 aromatic heterocycles. The summed E-state index contributed by atoms with van der Waals surface area (Å²) < 4.78 is 10.1. The molecule has 2 unspecified atom stereocenters. The standard InChI is InChI=1S/C11H21NO3S/c1-4-15-10(13)11(12-5-6-14-3)7-9(2)16-8-11/h9,12H,4-8H2,1-3H3. The number of carbonyl (C=O) groups excluding carboxylic acids is 1. The number of nitrogens with one attached hydrogen (secondary N) is 1. The highest BCUT2D eigenvalue weighted by molar-refractivity contribution is 8.00. The Labute approximate surface area is 101 Å². The van der Waals surface area contributed by atoms with Crippen molar-refractivity contribution in [2.45, 2.75) is 31.1 Å². The molecule has 5 heteroatoms. The molecule has 0 aliphatic carbocycles. The van der Waals surface area contributed by atoms with E-state index in [0.717, 1.165) is 12.2 Å². The fourth-order valence-corrected chi connectivity index (χ4v) is 3.20. The van der Waals surface area contributed by atoms with E-state index in [1.165, 1.54) is 0 Å². The number of rotatable bonds is 6. The molecule has 16 heavy (non-hydrogen) atoms. The molecule has 1 N–H and O–H groups in total. The average Bonchev–Trinajstić information content (AvgIpc) is 2.62. The molecule has 1 aliphatic rings. The second-order valence-corrected chi connectivity index (χ2v) is 5.47. The summed E-state index contributed by atoms with van der Waals surface area (Å²) in [4.78, 5) is 12.0. The summed E-state index contributed by atoms with van der Waals surface area (Å²) in [5.41, 5.74) is -0.501. The van der Waals surface area contributed by atoms with Crippen LogP contribution in [0.1, 0.15) is 20.3 Å². The number of methoxy groups -OCH3 is 1. The van der Waals surface area contributed by atoms with Crippen molar-refractivity contribution in [1.82, 2.24) is 5.32 Å². The van der Waals surface area contributed by atoms with Crippen LogP contribution in [0.5, 0.6) is 0 Å². The van der Waals surface area contributed by atoms with Gasteiger partial charge in [0, 0.05) is 24.7 Å². The normalized spacial score (nSPS) is 29.3. The van der Waals surface area contributed by atoms with E-state index in [1.54, 1.807) is 7.11 Å². The van der Waals surface area contributed by atoms with E-state index in [0.29, 0.717) is 25.0 Å². The lowest BCUT2D eigenvalue weighted by atomic mass is 9.96. The minimum absolute atomic E-state index is 0.122. The van der Waals surface area contributed by atoms with Gasteiger partial charge in [-0.15, -0.1) is 0 Å². The van der Waals surface area contributed by atoms with Gasteiger partial charge < -0.3 is 9.47 Å². The molecule has 0 radical (unpaired) electrons. The first kappa shape index (κ1) is 13.8. The summed E-state index contributed by atoms with van der Waals surface area (Å²) >= 11 is 1.81. The molecule has 1 saturated heterocycles. The fourth-order valence-electron chi connectivity index (χ4n) is 1.89. The van der Waals surface area contributed by atoms with E-state index in [4.69, 9.17) is 9.47 Å². The van der Waals surface area contributed by atoms with E-state index in [1.807, 2.05) is 18.7 Å².